The molecule has 4 nitrogen and oxygen atoms in total. The monoisotopic (exact) mass is 380 g/mol. The molecule has 3 rings (SSSR count). The molecule has 1 aromatic carbocycles. The van der Waals surface area contributed by atoms with Crippen molar-refractivity contribution in [2.24, 2.45) is 0 Å². The quantitative estimate of drug-likeness (QED) is 0.826. The molecule has 1 aliphatic carbocycles. The van der Waals surface area contributed by atoms with E-state index in [-0.39, 0.29) is 5.91 Å². The van der Waals surface area contributed by atoms with Crippen LogP contribution >= 0.6 is 34.5 Å². The van der Waals surface area contributed by atoms with Crippen molar-refractivity contribution < 1.29 is 9.53 Å². The Bertz CT molecular complexity index is 842. The van der Waals surface area contributed by atoms with Crippen LogP contribution in [-0.2, 0) is 17.6 Å². The van der Waals surface area contributed by atoms with Gasteiger partial charge in [0.05, 0.1) is 10.6 Å². The van der Waals surface area contributed by atoms with Crippen molar-refractivity contribution in [1.29, 1.82) is 5.26 Å². The molecule has 0 saturated heterocycles. The first-order valence-electron chi connectivity index (χ1n) is 7.46. The third kappa shape index (κ3) is 3.36. The number of nitrogens with one attached hydrogen (secondary N) is 1. The van der Waals surface area contributed by atoms with Gasteiger partial charge in [-0.3, -0.25) is 4.79 Å². The lowest BCUT2D eigenvalue weighted by atomic mass is 10.1. The van der Waals surface area contributed by atoms with Crippen molar-refractivity contribution in [2.45, 2.75) is 32.3 Å². The van der Waals surface area contributed by atoms with E-state index in [2.05, 4.69) is 11.4 Å². The van der Waals surface area contributed by atoms with Crippen LogP contribution in [0.2, 0.25) is 10.0 Å². The maximum Gasteiger partial charge on any atom is 0.265 e. The van der Waals surface area contributed by atoms with Crippen LogP contribution in [0.15, 0.2) is 18.2 Å². The second-order valence-electron chi connectivity index (χ2n) is 5.50. The average molecular weight is 381 g/mol. The number of carbonyl (C=O) groups excluding carboxylic acids is 1. The highest BCUT2D eigenvalue weighted by molar-refractivity contribution is 7.16. The van der Waals surface area contributed by atoms with Crippen LogP contribution in [0.4, 0.5) is 5.00 Å². The summed E-state index contributed by atoms with van der Waals surface area (Å²) in [5, 5.41) is 13.6. The second-order valence-corrected chi connectivity index (χ2v) is 7.45. The first-order valence-corrected chi connectivity index (χ1v) is 9.04. The highest BCUT2D eigenvalue weighted by Crippen LogP contribution is 2.38. The lowest BCUT2D eigenvalue weighted by molar-refractivity contribution is -0.122. The molecule has 1 aromatic heterocycles. The van der Waals surface area contributed by atoms with E-state index >= 15 is 0 Å². The third-order valence-corrected chi connectivity index (χ3v) is 5.57. The Morgan fingerprint density at radius 3 is 2.92 bits per heavy atom. The summed E-state index contributed by atoms with van der Waals surface area (Å²) >= 11 is 13.4. The average Bonchev–Trinajstić information content (AvgIpc) is 3.10. The van der Waals surface area contributed by atoms with Crippen molar-refractivity contribution in [3.05, 3.63) is 44.2 Å². The zero-order valence-electron chi connectivity index (χ0n) is 12.9. The van der Waals surface area contributed by atoms with Crippen LogP contribution in [0.3, 0.4) is 0 Å². The number of amides is 1. The number of aryl methyl sites for hydroxylation is 1. The molecule has 1 atom stereocenters. The summed E-state index contributed by atoms with van der Waals surface area (Å²) in [5.74, 6) is 0.0651. The van der Waals surface area contributed by atoms with E-state index < -0.39 is 6.10 Å². The summed E-state index contributed by atoms with van der Waals surface area (Å²) in [5.41, 5.74) is 1.66. The van der Waals surface area contributed by atoms with Crippen molar-refractivity contribution in [3.8, 4) is 11.8 Å². The fourth-order valence-corrected chi connectivity index (χ4v) is 4.33. The Hall–Kier alpha value is -1.74. The Balaban J connectivity index is 1.72. The van der Waals surface area contributed by atoms with Crippen molar-refractivity contribution >= 4 is 45.4 Å². The number of nitriles is 1. The lowest BCUT2D eigenvalue weighted by Gasteiger charge is -2.15. The van der Waals surface area contributed by atoms with Gasteiger partial charge >= 0.3 is 0 Å². The predicted molar refractivity (Wildman–Crippen MR) is 96.2 cm³/mol. The minimum Gasteiger partial charge on any atom is -0.479 e. The van der Waals surface area contributed by atoms with Gasteiger partial charge in [-0.05, 0) is 49.9 Å². The molecule has 1 aliphatic rings. The molecule has 0 saturated carbocycles. The van der Waals surface area contributed by atoms with E-state index in [0.717, 1.165) is 24.8 Å². The minimum absolute atomic E-state index is 0.322. The molecule has 2 aromatic rings. The topological polar surface area (TPSA) is 62.1 Å². The van der Waals surface area contributed by atoms with E-state index in [1.807, 2.05) is 0 Å². The molecular formula is C17H14Cl2N2O2S. The van der Waals surface area contributed by atoms with Gasteiger partial charge in [0.15, 0.2) is 6.10 Å². The van der Waals surface area contributed by atoms with Gasteiger partial charge < -0.3 is 10.1 Å². The second kappa shape index (κ2) is 7.02. The number of carbonyl (C=O) groups is 1. The number of rotatable bonds is 4. The van der Waals surface area contributed by atoms with E-state index in [1.54, 1.807) is 25.1 Å². The van der Waals surface area contributed by atoms with E-state index in [9.17, 15) is 10.1 Å². The van der Waals surface area contributed by atoms with Crippen LogP contribution in [0, 0.1) is 11.3 Å². The number of halogens is 2. The smallest absolute Gasteiger partial charge is 0.265 e. The summed E-state index contributed by atoms with van der Waals surface area (Å²) in [4.78, 5) is 13.6. The largest absolute Gasteiger partial charge is 0.479 e. The third-order valence-electron chi connectivity index (χ3n) is 3.84. The summed E-state index contributed by atoms with van der Waals surface area (Å²) in [6.07, 6.45) is 2.18. The molecule has 1 N–H and O–H groups in total. The zero-order chi connectivity index (χ0) is 17.3. The Morgan fingerprint density at radius 1 is 1.42 bits per heavy atom. The van der Waals surface area contributed by atoms with Crippen LogP contribution in [0.5, 0.6) is 5.75 Å². The number of ether oxygens (including phenoxy) is 1. The Labute approximate surface area is 154 Å². The molecule has 124 valence electrons. The molecule has 0 aliphatic heterocycles. The van der Waals surface area contributed by atoms with Gasteiger partial charge in [-0.2, -0.15) is 5.26 Å². The van der Waals surface area contributed by atoms with Gasteiger partial charge in [0.25, 0.3) is 5.91 Å². The maximum atomic E-state index is 12.4. The number of fused-ring (bicyclic) bond motifs is 1. The van der Waals surface area contributed by atoms with Crippen molar-refractivity contribution in [1.82, 2.24) is 0 Å². The van der Waals surface area contributed by atoms with Gasteiger partial charge in [-0.1, -0.05) is 23.2 Å². The van der Waals surface area contributed by atoms with Crippen LogP contribution in [0.1, 0.15) is 29.3 Å². The lowest BCUT2D eigenvalue weighted by Crippen LogP contribution is -2.30. The Morgan fingerprint density at radius 2 is 2.21 bits per heavy atom. The fourth-order valence-electron chi connectivity index (χ4n) is 2.64. The molecule has 0 fully saturated rings. The number of hydrogen-bond donors (Lipinski definition) is 1. The SMILES string of the molecule is C[C@H](Oc1ccc(Cl)cc1Cl)C(=O)Nc1sc2c(c1C#N)CCC2. The fraction of sp³-hybridized carbons (Fsp3) is 0.294. The van der Waals surface area contributed by atoms with Gasteiger partial charge in [-0.25, -0.2) is 0 Å². The summed E-state index contributed by atoms with van der Waals surface area (Å²) in [6.45, 7) is 1.63. The summed E-state index contributed by atoms with van der Waals surface area (Å²) in [7, 11) is 0. The number of thiophene rings is 1. The predicted octanol–water partition coefficient (Wildman–Crippen LogP) is 4.82. The molecule has 0 unspecified atom stereocenters. The van der Waals surface area contributed by atoms with Gasteiger partial charge in [0.2, 0.25) is 0 Å². The number of anilines is 1. The first kappa shape index (κ1) is 17.1. The zero-order valence-corrected chi connectivity index (χ0v) is 15.2. The van der Waals surface area contributed by atoms with Gasteiger partial charge in [0, 0.05) is 9.90 Å². The van der Waals surface area contributed by atoms with Crippen molar-refractivity contribution in [3.63, 3.8) is 0 Å². The molecule has 7 heteroatoms. The first-order chi connectivity index (χ1) is 11.5. The maximum absolute atomic E-state index is 12.4. The highest BCUT2D eigenvalue weighted by atomic mass is 35.5. The number of hydrogen-bond acceptors (Lipinski definition) is 4. The van der Waals surface area contributed by atoms with Crippen LogP contribution in [-0.4, -0.2) is 12.0 Å². The molecule has 0 spiro atoms. The summed E-state index contributed by atoms with van der Waals surface area (Å²) in [6, 6.07) is 7.02. The summed E-state index contributed by atoms with van der Waals surface area (Å²) < 4.78 is 5.60. The van der Waals surface area contributed by atoms with Crippen LogP contribution in [0.25, 0.3) is 0 Å². The number of benzene rings is 1. The van der Waals surface area contributed by atoms with Gasteiger partial charge in [-0.15, -0.1) is 11.3 Å². The normalized spacial score (nSPS) is 13.9. The van der Waals surface area contributed by atoms with E-state index in [4.69, 9.17) is 27.9 Å². The molecule has 24 heavy (non-hydrogen) atoms. The standard InChI is InChI=1S/C17H14Cl2N2O2S/c1-9(23-14-6-5-10(18)7-13(14)19)16(22)21-17-12(8-20)11-3-2-4-15(11)24-17/h5-7,9H,2-4H2,1H3,(H,21,22)/t9-/m0/s1. The molecule has 0 bridgehead atoms. The molecular weight excluding hydrogens is 367 g/mol. The van der Waals surface area contributed by atoms with E-state index in [1.165, 1.54) is 16.2 Å². The Kier molecular flexibility index (Phi) is 5.00. The van der Waals surface area contributed by atoms with E-state index in [0.29, 0.717) is 26.4 Å². The molecule has 0 radical (unpaired) electrons. The van der Waals surface area contributed by atoms with Gasteiger partial charge in [0.1, 0.15) is 16.8 Å². The number of nitrogens with zero attached hydrogens (tertiary/aromatic N) is 1. The van der Waals surface area contributed by atoms with Crippen molar-refractivity contribution in [2.75, 3.05) is 5.32 Å². The highest BCUT2D eigenvalue weighted by Gasteiger charge is 2.25. The molecule has 1 heterocycles. The molecule has 1 amide bonds. The minimum atomic E-state index is -0.757. The van der Waals surface area contributed by atoms with Crippen LogP contribution < -0.4 is 10.1 Å².